The maximum Gasteiger partial charge on any atom is 0.0781 e. The minimum absolute atomic E-state index is 0.130. The number of hydrogen-bond acceptors (Lipinski definition) is 3. The van der Waals surface area contributed by atoms with Crippen molar-refractivity contribution in [2.24, 2.45) is 5.73 Å². The van der Waals surface area contributed by atoms with Crippen LogP contribution in [0.4, 0.5) is 0 Å². The fourth-order valence-corrected chi connectivity index (χ4v) is 2.33. The average molecular weight is 155 g/mol. The van der Waals surface area contributed by atoms with Crippen LogP contribution in [0.3, 0.4) is 0 Å². The molecular formula is C7H9NOS. The summed E-state index contributed by atoms with van der Waals surface area (Å²) in [6, 6.07) is 1.91. The van der Waals surface area contributed by atoms with Crippen LogP contribution in [-0.2, 0) is 6.42 Å². The third kappa shape index (κ3) is 0.714. The monoisotopic (exact) mass is 155 g/mol. The molecule has 54 valence electrons. The van der Waals surface area contributed by atoms with Gasteiger partial charge in [0, 0.05) is 11.3 Å². The minimum atomic E-state index is -0.345. The lowest BCUT2D eigenvalue weighted by molar-refractivity contribution is 0.159. The van der Waals surface area contributed by atoms with Crippen molar-refractivity contribution in [2.75, 3.05) is 0 Å². The quantitative estimate of drug-likeness (QED) is 0.578. The van der Waals surface area contributed by atoms with E-state index in [2.05, 4.69) is 0 Å². The second-order valence-corrected chi connectivity index (χ2v) is 3.56. The van der Waals surface area contributed by atoms with Crippen LogP contribution < -0.4 is 5.73 Å². The molecule has 0 spiro atoms. The summed E-state index contributed by atoms with van der Waals surface area (Å²) >= 11 is 1.64. The maximum atomic E-state index is 9.29. The van der Waals surface area contributed by atoms with E-state index in [1.807, 2.05) is 11.4 Å². The number of hydrogen-bond donors (Lipinski definition) is 2. The molecule has 1 aromatic rings. The van der Waals surface area contributed by atoms with Crippen LogP contribution in [0.2, 0.25) is 0 Å². The summed E-state index contributed by atoms with van der Waals surface area (Å²) in [6.07, 6.45) is 0.391. The molecule has 0 unspecified atom stereocenters. The summed E-state index contributed by atoms with van der Waals surface area (Å²) in [5.74, 6) is 0. The van der Waals surface area contributed by atoms with Gasteiger partial charge in [-0.25, -0.2) is 0 Å². The predicted molar refractivity (Wildman–Crippen MR) is 41.0 cm³/mol. The molecule has 10 heavy (non-hydrogen) atoms. The van der Waals surface area contributed by atoms with Gasteiger partial charge < -0.3 is 10.8 Å². The molecule has 2 atom stereocenters. The molecule has 0 amide bonds. The van der Waals surface area contributed by atoms with E-state index in [9.17, 15) is 5.11 Å². The fourth-order valence-electron chi connectivity index (χ4n) is 1.34. The van der Waals surface area contributed by atoms with Crippen molar-refractivity contribution in [3.63, 3.8) is 0 Å². The lowest BCUT2D eigenvalue weighted by Crippen LogP contribution is -2.20. The van der Waals surface area contributed by atoms with Crippen molar-refractivity contribution < 1.29 is 5.11 Å². The standard InChI is InChI=1S/C7H9NOS/c8-6-5(9)3-4-1-2-10-7(4)6/h1-2,5-6,9H,3,8H2/t5-,6+/m0/s1. The lowest BCUT2D eigenvalue weighted by atomic mass is 10.2. The number of aliphatic hydroxyl groups excluding tert-OH is 1. The van der Waals surface area contributed by atoms with Gasteiger partial charge in [-0.15, -0.1) is 11.3 Å². The van der Waals surface area contributed by atoms with Crippen LogP contribution in [0.15, 0.2) is 11.4 Å². The van der Waals surface area contributed by atoms with Gasteiger partial charge in [-0.1, -0.05) is 0 Å². The molecule has 1 aliphatic carbocycles. The zero-order valence-corrected chi connectivity index (χ0v) is 6.27. The van der Waals surface area contributed by atoms with Crippen molar-refractivity contribution in [1.29, 1.82) is 0 Å². The normalized spacial score (nSPS) is 30.6. The third-order valence-electron chi connectivity index (χ3n) is 1.93. The summed E-state index contributed by atoms with van der Waals surface area (Å²) in [6.45, 7) is 0. The summed E-state index contributed by atoms with van der Waals surface area (Å²) in [7, 11) is 0. The molecular weight excluding hydrogens is 146 g/mol. The summed E-state index contributed by atoms with van der Waals surface area (Å²) in [4.78, 5) is 1.16. The first kappa shape index (κ1) is 6.34. The molecule has 0 radical (unpaired) electrons. The molecule has 1 aliphatic rings. The molecule has 1 heterocycles. The van der Waals surface area contributed by atoms with E-state index >= 15 is 0 Å². The van der Waals surface area contributed by atoms with Crippen molar-refractivity contribution in [2.45, 2.75) is 18.6 Å². The lowest BCUT2D eigenvalue weighted by Gasteiger charge is -2.06. The van der Waals surface area contributed by atoms with Gasteiger partial charge in [0.2, 0.25) is 0 Å². The van der Waals surface area contributed by atoms with Gasteiger partial charge in [-0.3, -0.25) is 0 Å². The Morgan fingerprint density at radius 2 is 2.50 bits per heavy atom. The van der Waals surface area contributed by atoms with Gasteiger partial charge in [0.15, 0.2) is 0 Å². The molecule has 0 aromatic carbocycles. The van der Waals surface area contributed by atoms with Crippen LogP contribution >= 0.6 is 11.3 Å². The zero-order valence-electron chi connectivity index (χ0n) is 5.45. The Labute approximate surface area is 63.3 Å². The first-order valence-corrected chi connectivity index (χ1v) is 4.17. The van der Waals surface area contributed by atoms with E-state index in [1.54, 1.807) is 11.3 Å². The molecule has 0 saturated heterocycles. The Balaban J connectivity index is 2.43. The van der Waals surface area contributed by atoms with Crippen LogP contribution in [-0.4, -0.2) is 11.2 Å². The van der Waals surface area contributed by atoms with E-state index in [4.69, 9.17) is 5.73 Å². The molecule has 0 saturated carbocycles. The summed E-state index contributed by atoms with van der Waals surface area (Å²) < 4.78 is 0. The van der Waals surface area contributed by atoms with E-state index in [-0.39, 0.29) is 12.1 Å². The molecule has 0 fully saturated rings. The summed E-state index contributed by atoms with van der Waals surface area (Å²) in [5.41, 5.74) is 6.92. The maximum absolute atomic E-state index is 9.29. The van der Waals surface area contributed by atoms with E-state index in [1.165, 1.54) is 5.56 Å². The van der Waals surface area contributed by atoms with E-state index in [0.717, 1.165) is 11.3 Å². The summed E-state index contributed by atoms with van der Waals surface area (Å²) in [5, 5.41) is 11.3. The Morgan fingerprint density at radius 1 is 1.70 bits per heavy atom. The molecule has 0 bridgehead atoms. The largest absolute Gasteiger partial charge is 0.391 e. The molecule has 0 aliphatic heterocycles. The fraction of sp³-hybridized carbons (Fsp3) is 0.429. The number of nitrogens with two attached hydrogens (primary N) is 1. The smallest absolute Gasteiger partial charge is 0.0781 e. The van der Waals surface area contributed by atoms with Gasteiger partial charge in [0.1, 0.15) is 0 Å². The Morgan fingerprint density at radius 3 is 3.20 bits per heavy atom. The minimum Gasteiger partial charge on any atom is -0.391 e. The number of thiophene rings is 1. The first-order valence-electron chi connectivity index (χ1n) is 3.29. The number of aliphatic hydroxyl groups is 1. The van der Waals surface area contributed by atoms with Crippen molar-refractivity contribution >= 4 is 11.3 Å². The Kier molecular flexibility index (Phi) is 1.30. The zero-order chi connectivity index (χ0) is 7.14. The van der Waals surface area contributed by atoms with Crippen LogP contribution in [0.25, 0.3) is 0 Å². The van der Waals surface area contributed by atoms with Gasteiger partial charge >= 0.3 is 0 Å². The molecule has 2 nitrogen and oxygen atoms in total. The highest BCUT2D eigenvalue weighted by Crippen LogP contribution is 2.33. The second kappa shape index (κ2) is 2.05. The molecule has 2 rings (SSSR count). The number of fused-ring (bicyclic) bond motifs is 1. The SMILES string of the molecule is N[C@H]1c2sccc2C[C@@H]1O. The Bertz CT molecular complexity index is 246. The molecule has 1 aromatic heterocycles. The van der Waals surface area contributed by atoms with Gasteiger partial charge in [0.05, 0.1) is 12.1 Å². The first-order chi connectivity index (χ1) is 4.79. The second-order valence-electron chi connectivity index (χ2n) is 2.61. The van der Waals surface area contributed by atoms with Crippen LogP contribution in [0.5, 0.6) is 0 Å². The van der Waals surface area contributed by atoms with E-state index < -0.39 is 0 Å². The highest BCUT2D eigenvalue weighted by atomic mass is 32.1. The van der Waals surface area contributed by atoms with Crippen LogP contribution in [0, 0.1) is 0 Å². The van der Waals surface area contributed by atoms with Crippen LogP contribution in [0.1, 0.15) is 16.5 Å². The third-order valence-corrected chi connectivity index (χ3v) is 2.99. The van der Waals surface area contributed by atoms with Gasteiger partial charge in [-0.05, 0) is 17.0 Å². The van der Waals surface area contributed by atoms with Crippen molar-refractivity contribution in [1.82, 2.24) is 0 Å². The van der Waals surface area contributed by atoms with Crippen molar-refractivity contribution in [3.8, 4) is 0 Å². The topological polar surface area (TPSA) is 46.2 Å². The molecule has 3 N–H and O–H groups in total. The van der Waals surface area contributed by atoms with Gasteiger partial charge in [0.25, 0.3) is 0 Å². The van der Waals surface area contributed by atoms with Crippen molar-refractivity contribution in [3.05, 3.63) is 21.9 Å². The highest BCUT2D eigenvalue weighted by molar-refractivity contribution is 7.10. The number of rotatable bonds is 0. The average Bonchev–Trinajstić information content (AvgIpc) is 2.41. The van der Waals surface area contributed by atoms with Gasteiger partial charge in [-0.2, -0.15) is 0 Å². The Hall–Kier alpha value is -0.380. The predicted octanol–water partition coefficient (Wildman–Crippen LogP) is 0.665. The van der Waals surface area contributed by atoms with E-state index in [0.29, 0.717) is 0 Å². The highest BCUT2D eigenvalue weighted by Gasteiger charge is 2.28. The molecule has 3 heteroatoms.